The van der Waals surface area contributed by atoms with E-state index < -0.39 is 6.09 Å². The molecule has 0 bridgehead atoms. The first-order valence-corrected chi connectivity index (χ1v) is 8.45. The molecule has 1 N–H and O–H groups in total. The Morgan fingerprint density at radius 3 is 2.48 bits per heavy atom. The quantitative estimate of drug-likeness (QED) is 0.484. The van der Waals surface area contributed by atoms with Gasteiger partial charge < -0.3 is 14.7 Å². The van der Waals surface area contributed by atoms with Crippen molar-refractivity contribution in [2.45, 2.75) is 32.1 Å². The van der Waals surface area contributed by atoms with E-state index in [1.807, 2.05) is 24.3 Å². The summed E-state index contributed by atoms with van der Waals surface area (Å²) in [5.41, 5.74) is 1.88. The Morgan fingerprint density at radius 2 is 1.96 bits per heavy atom. The molecule has 0 aliphatic carbocycles. The van der Waals surface area contributed by atoms with Gasteiger partial charge in [-0.1, -0.05) is 12.1 Å². The van der Waals surface area contributed by atoms with Crippen LogP contribution in [0.25, 0.3) is 0 Å². The van der Waals surface area contributed by atoms with Gasteiger partial charge in [0.1, 0.15) is 0 Å². The highest BCUT2D eigenvalue weighted by molar-refractivity contribution is 5.70. The summed E-state index contributed by atoms with van der Waals surface area (Å²) in [6.07, 6.45) is 2.99. The van der Waals surface area contributed by atoms with Crippen LogP contribution in [-0.2, 0) is 9.53 Å². The number of esters is 1. The maximum atomic E-state index is 11.4. The lowest BCUT2D eigenvalue weighted by molar-refractivity contribution is -0.142. The number of amides is 1. The molecule has 7 nitrogen and oxygen atoms in total. The molecule has 1 fully saturated rings. The fourth-order valence-electron chi connectivity index (χ4n) is 3.00. The van der Waals surface area contributed by atoms with E-state index in [-0.39, 0.29) is 18.9 Å². The van der Waals surface area contributed by atoms with Gasteiger partial charge in [-0.25, -0.2) is 4.79 Å². The molecule has 0 saturated carbocycles. The van der Waals surface area contributed by atoms with Crippen molar-refractivity contribution in [2.75, 3.05) is 31.1 Å². The summed E-state index contributed by atoms with van der Waals surface area (Å²) in [4.78, 5) is 25.3. The van der Waals surface area contributed by atoms with Crippen molar-refractivity contribution in [3.63, 3.8) is 0 Å². The zero-order chi connectivity index (χ0) is 18.2. The normalized spacial score (nSPS) is 14.6. The molecule has 0 aromatic heterocycles. The van der Waals surface area contributed by atoms with Crippen LogP contribution in [0.4, 0.5) is 10.5 Å². The van der Waals surface area contributed by atoms with Gasteiger partial charge in [-0.15, -0.1) is 0 Å². The average molecular weight is 345 g/mol. The maximum absolute atomic E-state index is 11.4. The predicted octanol–water partition coefficient (Wildman–Crippen LogP) is 2.78. The van der Waals surface area contributed by atoms with Gasteiger partial charge in [-0.2, -0.15) is 5.26 Å². The van der Waals surface area contributed by atoms with Crippen molar-refractivity contribution in [3.8, 4) is 6.19 Å². The van der Waals surface area contributed by atoms with Crippen LogP contribution in [-0.4, -0.2) is 48.3 Å². The highest BCUT2D eigenvalue weighted by atomic mass is 16.5. The van der Waals surface area contributed by atoms with Crippen LogP contribution in [0.2, 0.25) is 0 Å². The fraction of sp³-hybridized carbons (Fsp3) is 0.500. The number of ether oxygens (including phenoxy) is 1. The standard InChI is InChI=1S/C18H23N3O4/c1-2-25-17(22)9-12-21(13-19)16-5-3-14(4-6-16)15-7-10-20(11-8-15)18(23)24/h3-6,15H,2,7-12H2,1H3,(H,23,24). The summed E-state index contributed by atoms with van der Waals surface area (Å²) >= 11 is 0. The van der Waals surface area contributed by atoms with Gasteiger partial charge in [-0.3, -0.25) is 9.69 Å². The Labute approximate surface area is 147 Å². The zero-order valence-corrected chi connectivity index (χ0v) is 14.4. The first kappa shape index (κ1) is 18.6. The lowest BCUT2D eigenvalue weighted by Gasteiger charge is -2.30. The molecule has 1 saturated heterocycles. The molecule has 1 heterocycles. The Balaban J connectivity index is 1.93. The van der Waals surface area contributed by atoms with Crippen molar-refractivity contribution in [1.29, 1.82) is 5.26 Å². The van der Waals surface area contributed by atoms with Gasteiger partial charge in [0, 0.05) is 19.6 Å². The number of carbonyl (C=O) groups excluding carboxylic acids is 1. The van der Waals surface area contributed by atoms with Gasteiger partial charge in [-0.05, 0) is 43.4 Å². The lowest BCUT2D eigenvalue weighted by atomic mass is 9.89. The van der Waals surface area contributed by atoms with Gasteiger partial charge >= 0.3 is 12.1 Å². The first-order valence-electron chi connectivity index (χ1n) is 8.45. The van der Waals surface area contributed by atoms with Crippen LogP contribution in [0.15, 0.2) is 24.3 Å². The third-order valence-corrected chi connectivity index (χ3v) is 4.41. The number of hydrogen-bond donors (Lipinski definition) is 1. The predicted molar refractivity (Wildman–Crippen MR) is 92.2 cm³/mol. The van der Waals surface area contributed by atoms with E-state index in [9.17, 15) is 14.9 Å². The average Bonchev–Trinajstić information content (AvgIpc) is 2.63. The molecule has 2 rings (SSSR count). The summed E-state index contributed by atoms with van der Waals surface area (Å²) < 4.78 is 4.88. The number of carbonyl (C=O) groups is 2. The van der Waals surface area contributed by atoms with E-state index in [1.165, 1.54) is 9.80 Å². The number of rotatable bonds is 6. The minimum atomic E-state index is -0.861. The van der Waals surface area contributed by atoms with Crippen molar-refractivity contribution >= 4 is 17.7 Å². The number of likely N-dealkylation sites (tertiary alicyclic amines) is 1. The second-order valence-electron chi connectivity index (χ2n) is 5.94. The van der Waals surface area contributed by atoms with Crippen molar-refractivity contribution < 1.29 is 19.4 Å². The van der Waals surface area contributed by atoms with Crippen LogP contribution < -0.4 is 4.90 Å². The van der Waals surface area contributed by atoms with E-state index in [1.54, 1.807) is 6.92 Å². The van der Waals surface area contributed by atoms with Gasteiger partial charge in [0.05, 0.1) is 18.7 Å². The number of nitriles is 1. The van der Waals surface area contributed by atoms with E-state index in [4.69, 9.17) is 9.84 Å². The van der Waals surface area contributed by atoms with Crippen molar-refractivity contribution in [2.24, 2.45) is 0 Å². The minimum Gasteiger partial charge on any atom is -0.466 e. The zero-order valence-electron chi connectivity index (χ0n) is 14.4. The number of nitrogens with zero attached hydrogens (tertiary/aromatic N) is 3. The summed E-state index contributed by atoms with van der Waals surface area (Å²) in [5, 5.41) is 18.3. The lowest BCUT2D eigenvalue weighted by Crippen LogP contribution is -2.36. The molecule has 1 amide bonds. The van der Waals surface area contributed by atoms with E-state index >= 15 is 0 Å². The van der Waals surface area contributed by atoms with Crippen LogP contribution >= 0.6 is 0 Å². The summed E-state index contributed by atoms with van der Waals surface area (Å²) in [7, 11) is 0. The Morgan fingerprint density at radius 1 is 1.32 bits per heavy atom. The molecular formula is C18H23N3O4. The molecule has 25 heavy (non-hydrogen) atoms. The minimum absolute atomic E-state index is 0.163. The molecule has 1 aromatic rings. The highest BCUT2D eigenvalue weighted by Gasteiger charge is 2.23. The summed E-state index contributed by atoms with van der Waals surface area (Å²) in [5.74, 6) is 0.0179. The number of benzene rings is 1. The molecule has 0 spiro atoms. The maximum Gasteiger partial charge on any atom is 0.407 e. The molecule has 1 aliphatic heterocycles. The molecule has 134 valence electrons. The number of carboxylic acid groups (broad SMARTS) is 1. The Hall–Kier alpha value is -2.75. The van der Waals surface area contributed by atoms with Crippen molar-refractivity contribution in [1.82, 2.24) is 4.90 Å². The molecule has 0 unspecified atom stereocenters. The topological polar surface area (TPSA) is 93.9 Å². The van der Waals surface area contributed by atoms with E-state index in [2.05, 4.69) is 6.19 Å². The second-order valence-corrected chi connectivity index (χ2v) is 5.94. The largest absolute Gasteiger partial charge is 0.466 e. The van der Waals surface area contributed by atoms with E-state index in [0.29, 0.717) is 25.6 Å². The van der Waals surface area contributed by atoms with Crippen LogP contribution in [0, 0.1) is 11.5 Å². The van der Waals surface area contributed by atoms with Crippen LogP contribution in [0.3, 0.4) is 0 Å². The van der Waals surface area contributed by atoms with Crippen LogP contribution in [0.1, 0.15) is 37.7 Å². The molecule has 1 aliphatic rings. The van der Waals surface area contributed by atoms with Gasteiger partial charge in [0.2, 0.25) is 0 Å². The Kier molecular flexibility index (Phi) is 6.63. The van der Waals surface area contributed by atoms with Crippen LogP contribution in [0.5, 0.6) is 0 Å². The molecule has 0 radical (unpaired) electrons. The number of piperidine rings is 1. The van der Waals surface area contributed by atoms with E-state index in [0.717, 1.165) is 24.1 Å². The highest BCUT2D eigenvalue weighted by Crippen LogP contribution is 2.29. The first-order chi connectivity index (χ1) is 12.0. The number of hydrogen-bond acceptors (Lipinski definition) is 5. The third-order valence-electron chi connectivity index (χ3n) is 4.41. The summed E-state index contributed by atoms with van der Waals surface area (Å²) in [6.45, 7) is 3.46. The fourth-order valence-corrected chi connectivity index (χ4v) is 3.00. The SMILES string of the molecule is CCOC(=O)CCN(C#N)c1ccc(C2CCN(C(=O)O)CC2)cc1. The molecule has 7 heteroatoms. The van der Waals surface area contributed by atoms with Crippen molar-refractivity contribution in [3.05, 3.63) is 29.8 Å². The van der Waals surface area contributed by atoms with Gasteiger partial charge in [0.25, 0.3) is 0 Å². The van der Waals surface area contributed by atoms with Gasteiger partial charge in [0.15, 0.2) is 6.19 Å². The second kappa shape index (κ2) is 8.92. The Bertz CT molecular complexity index is 631. The smallest absolute Gasteiger partial charge is 0.407 e. The summed E-state index contributed by atoms with van der Waals surface area (Å²) in [6, 6.07) is 7.69. The molecular weight excluding hydrogens is 322 g/mol. The number of anilines is 1. The molecule has 1 aromatic carbocycles. The third kappa shape index (κ3) is 5.11. The monoisotopic (exact) mass is 345 g/mol. The molecule has 0 atom stereocenters.